The molecule has 2 aromatic rings. The van der Waals surface area contributed by atoms with Crippen LogP contribution in [-0.2, 0) is 24.3 Å². The number of nitrogens with one attached hydrogen (secondary N) is 1. The van der Waals surface area contributed by atoms with Crippen molar-refractivity contribution >= 4 is 12.0 Å². The fourth-order valence-electron chi connectivity index (χ4n) is 3.88. The molecule has 1 fully saturated rings. The molecule has 6 heteroatoms. The first-order valence-electron chi connectivity index (χ1n) is 11.0. The highest BCUT2D eigenvalue weighted by Crippen LogP contribution is 2.31. The van der Waals surface area contributed by atoms with Crippen LogP contribution in [0.5, 0.6) is 0 Å². The van der Waals surface area contributed by atoms with Crippen LogP contribution in [0.15, 0.2) is 30.3 Å². The number of aromatic nitrogens is 2. The zero-order chi connectivity index (χ0) is 21.5. The molecule has 1 aliphatic rings. The fourth-order valence-corrected chi connectivity index (χ4v) is 3.88. The molecule has 0 saturated heterocycles. The summed E-state index contributed by atoms with van der Waals surface area (Å²) < 4.78 is 2.22. The minimum Gasteiger partial charge on any atom is -0.299 e. The van der Waals surface area contributed by atoms with E-state index in [1.165, 1.54) is 41.4 Å². The summed E-state index contributed by atoms with van der Waals surface area (Å²) in [6, 6.07) is 8.19. The van der Waals surface area contributed by atoms with Gasteiger partial charge in [-0.2, -0.15) is 5.10 Å². The van der Waals surface area contributed by atoms with Crippen molar-refractivity contribution in [1.82, 2.24) is 20.2 Å². The number of benzene rings is 1. The van der Waals surface area contributed by atoms with Gasteiger partial charge in [0.25, 0.3) is 5.91 Å². The first kappa shape index (κ1) is 22.2. The van der Waals surface area contributed by atoms with Crippen LogP contribution in [0, 0.1) is 19.8 Å². The number of hydrogen-bond donors (Lipinski definition) is 2. The average molecular weight is 411 g/mol. The Kier molecular flexibility index (Phi) is 7.82. The lowest BCUT2D eigenvalue weighted by Crippen LogP contribution is -2.26. The Labute approximate surface area is 179 Å². The maximum atomic E-state index is 11.1. The molecular weight excluding hydrogens is 376 g/mol. The second-order valence-electron chi connectivity index (χ2n) is 8.35. The van der Waals surface area contributed by atoms with Gasteiger partial charge < -0.3 is 0 Å². The molecule has 0 unspecified atom stereocenters. The van der Waals surface area contributed by atoms with E-state index in [0.29, 0.717) is 0 Å². The van der Waals surface area contributed by atoms with Crippen molar-refractivity contribution < 1.29 is 10.0 Å². The summed E-state index contributed by atoms with van der Waals surface area (Å²) in [5.41, 5.74) is 7.69. The van der Waals surface area contributed by atoms with Gasteiger partial charge in [0.05, 0.1) is 5.69 Å². The smallest absolute Gasteiger partial charge is 0.267 e. The van der Waals surface area contributed by atoms with Gasteiger partial charge in [0.15, 0.2) is 0 Å². The van der Waals surface area contributed by atoms with E-state index in [9.17, 15) is 4.79 Å². The van der Waals surface area contributed by atoms with Gasteiger partial charge in [0, 0.05) is 31.4 Å². The van der Waals surface area contributed by atoms with Gasteiger partial charge in [-0.25, -0.2) is 5.48 Å². The molecule has 0 atom stereocenters. The molecule has 162 valence electrons. The van der Waals surface area contributed by atoms with Gasteiger partial charge in [0.1, 0.15) is 0 Å². The average Bonchev–Trinajstić information content (AvgIpc) is 3.52. The lowest BCUT2D eigenvalue weighted by molar-refractivity contribution is -0.124. The van der Waals surface area contributed by atoms with Crippen LogP contribution in [0.4, 0.5) is 0 Å². The largest absolute Gasteiger partial charge is 0.299 e. The predicted octanol–water partition coefficient (Wildman–Crippen LogP) is 3.88. The van der Waals surface area contributed by atoms with Crippen molar-refractivity contribution in [2.45, 2.75) is 59.5 Å². The van der Waals surface area contributed by atoms with E-state index in [1.54, 1.807) is 11.6 Å². The lowest BCUT2D eigenvalue weighted by Gasteiger charge is -2.22. The van der Waals surface area contributed by atoms with E-state index in [4.69, 9.17) is 10.3 Å². The van der Waals surface area contributed by atoms with Crippen molar-refractivity contribution in [3.63, 3.8) is 0 Å². The maximum absolute atomic E-state index is 11.1. The number of hydroxylamine groups is 1. The summed E-state index contributed by atoms with van der Waals surface area (Å²) in [7, 11) is 0. The summed E-state index contributed by atoms with van der Waals surface area (Å²) in [6.45, 7) is 10.6. The monoisotopic (exact) mass is 410 g/mol. The van der Waals surface area contributed by atoms with Crippen LogP contribution in [0.25, 0.3) is 6.08 Å². The molecule has 1 aromatic heterocycles. The number of aryl methyl sites for hydroxylation is 1. The first-order valence-corrected chi connectivity index (χ1v) is 11.0. The van der Waals surface area contributed by atoms with E-state index >= 15 is 0 Å². The highest BCUT2D eigenvalue weighted by Gasteiger charge is 2.24. The number of amides is 1. The first-order chi connectivity index (χ1) is 14.5. The topological polar surface area (TPSA) is 70.4 Å². The van der Waals surface area contributed by atoms with Gasteiger partial charge in [-0.3, -0.25) is 19.6 Å². The summed E-state index contributed by atoms with van der Waals surface area (Å²) in [6.07, 6.45) is 7.84. The third-order valence-corrected chi connectivity index (χ3v) is 5.80. The van der Waals surface area contributed by atoms with Crippen molar-refractivity contribution in [3.05, 3.63) is 58.4 Å². The van der Waals surface area contributed by atoms with Gasteiger partial charge in [-0.15, -0.1) is 0 Å². The lowest BCUT2D eigenvalue weighted by atomic mass is 10.1. The van der Waals surface area contributed by atoms with Gasteiger partial charge in [-0.05, 0) is 74.8 Å². The Balaban J connectivity index is 1.59. The van der Waals surface area contributed by atoms with Crippen molar-refractivity contribution in [3.8, 4) is 0 Å². The molecule has 0 aliphatic heterocycles. The van der Waals surface area contributed by atoms with Crippen molar-refractivity contribution in [1.29, 1.82) is 0 Å². The highest BCUT2D eigenvalue weighted by molar-refractivity contribution is 5.90. The van der Waals surface area contributed by atoms with Crippen LogP contribution >= 0.6 is 0 Å². The maximum Gasteiger partial charge on any atom is 0.267 e. The zero-order valence-electron chi connectivity index (χ0n) is 18.4. The molecule has 1 amide bonds. The van der Waals surface area contributed by atoms with E-state index in [2.05, 4.69) is 42.5 Å². The second kappa shape index (κ2) is 10.5. The third-order valence-electron chi connectivity index (χ3n) is 5.80. The zero-order valence-corrected chi connectivity index (χ0v) is 18.4. The van der Waals surface area contributed by atoms with Crippen LogP contribution in [0.3, 0.4) is 0 Å². The second-order valence-corrected chi connectivity index (χ2v) is 8.35. The van der Waals surface area contributed by atoms with Gasteiger partial charge in [-0.1, -0.05) is 31.2 Å². The molecule has 6 nitrogen and oxygen atoms in total. The Morgan fingerprint density at radius 3 is 2.63 bits per heavy atom. The fraction of sp³-hybridized carbons (Fsp3) is 0.500. The molecule has 0 radical (unpaired) electrons. The number of hydrogen-bond acceptors (Lipinski definition) is 4. The van der Waals surface area contributed by atoms with Crippen LogP contribution < -0.4 is 5.48 Å². The summed E-state index contributed by atoms with van der Waals surface area (Å²) in [5, 5.41) is 13.3. The molecule has 2 N–H and O–H groups in total. The van der Waals surface area contributed by atoms with Gasteiger partial charge in [0.2, 0.25) is 0 Å². The SMILES string of the molecule is CCCN(CCc1c(C)nn(CC2CC2)c1C)Cc1ccc(/C=C/C(=O)NO)cc1. The van der Waals surface area contributed by atoms with Crippen LogP contribution in [0.1, 0.15) is 54.3 Å². The molecule has 30 heavy (non-hydrogen) atoms. The van der Waals surface area contributed by atoms with E-state index in [-0.39, 0.29) is 0 Å². The highest BCUT2D eigenvalue weighted by atomic mass is 16.5. The van der Waals surface area contributed by atoms with Gasteiger partial charge >= 0.3 is 0 Å². The normalized spacial score (nSPS) is 14.0. The van der Waals surface area contributed by atoms with E-state index in [1.807, 2.05) is 12.1 Å². The number of carbonyl (C=O) groups is 1. The molecule has 1 heterocycles. The van der Waals surface area contributed by atoms with Crippen LogP contribution in [0.2, 0.25) is 0 Å². The molecule has 0 bridgehead atoms. The van der Waals surface area contributed by atoms with Crippen LogP contribution in [-0.4, -0.2) is 38.9 Å². The molecule has 1 aromatic carbocycles. The van der Waals surface area contributed by atoms with E-state index < -0.39 is 5.91 Å². The van der Waals surface area contributed by atoms with E-state index in [0.717, 1.165) is 50.5 Å². The minimum atomic E-state index is -0.528. The Bertz CT molecular complexity index is 866. The molecule has 1 aliphatic carbocycles. The van der Waals surface area contributed by atoms with Crippen molar-refractivity contribution in [2.75, 3.05) is 13.1 Å². The standard InChI is InChI=1S/C24H34N4O2/c1-4-14-27(16-21-7-5-20(6-8-21)11-12-24(29)26-30)15-13-23-18(2)25-28(19(23)3)17-22-9-10-22/h5-8,11-12,22,30H,4,9-10,13-17H2,1-3H3,(H,26,29)/b12-11+. The quantitative estimate of drug-likeness (QED) is 0.335. The predicted molar refractivity (Wildman–Crippen MR) is 119 cm³/mol. The number of carbonyl (C=O) groups excluding carboxylic acids is 1. The molecular formula is C24H34N4O2. The minimum absolute atomic E-state index is 0.528. The van der Waals surface area contributed by atoms with Crippen molar-refractivity contribution in [2.24, 2.45) is 5.92 Å². The summed E-state index contributed by atoms with van der Waals surface area (Å²) in [4.78, 5) is 13.6. The summed E-state index contributed by atoms with van der Waals surface area (Å²) >= 11 is 0. The number of nitrogens with zero attached hydrogens (tertiary/aromatic N) is 3. The molecule has 1 saturated carbocycles. The Morgan fingerprint density at radius 1 is 1.27 bits per heavy atom. The number of rotatable bonds is 11. The molecule has 3 rings (SSSR count). The Morgan fingerprint density at radius 2 is 2.00 bits per heavy atom. The third kappa shape index (κ3) is 6.28. The Hall–Kier alpha value is -2.44. The molecule has 0 spiro atoms. The summed E-state index contributed by atoms with van der Waals surface area (Å²) in [5.74, 6) is 0.308.